The normalized spacial score (nSPS) is 11.1. The zero-order valence-corrected chi connectivity index (χ0v) is 19.9. The Morgan fingerprint density at radius 2 is 1.85 bits per heavy atom. The lowest BCUT2D eigenvalue weighted by atomic mass is 10.2. The fourth-order valence-corrected chi connectivity index (χ4v) is 3.88. The molecular formula is C25H20IN3O4. The van der Waals surface area contributed by atoms with Crippen molar-refractivity contribution in [2.75, 3.05) is 13.2 Å². The fraction of sp³-hybridized carbons (Fsp3) is 0.120. The van der Waals surface area contributed by atoms with Gasteiger partial charge in [0.05, 0.1) is 27.3 Å². The highest BCUT2D eigenvalue weighted by Gasteiger charge is 2.12. The van der Waals surface area contributed by atoms with Crippen LogP contribution in [-0.4, -0.2) is 35.1 Å². The average Bonchev–Trinajstić information content (AvgIpc) is 2.83. The van der Waals surface area contributed by atoms with Crippen molar-refractivity contribution in [3.05, 3.63) is 92.3 Å². The first kappa shape index (κ1) is 22.7. The van der Waals surface area contributed by atoms with Crippen molar-refractivity contribution in [2.24, 2.45) is 5.10 Å². The monoisotopic (exact) mass is 553 g/mol. The summed E-state index contributed by atoms with van der Waals surface area (Å²) in [4.78, 5) is 29.4. The Morgan fingerprint density at radius 3 is 2.61 bits per heavy atom. The number of fused-ring (bicyclic) bond motifs is 1. The van der Waals surface area contributed by atoms with Crippen LogP contribution >= 0.6 is 22.6 Å². The number of hydrogen-bond acceptors (Lipinski definition) is 6. The van der Waals surface area contributed by atoms with Crippen LogP contribution in [0.25, 0.3) is 22.3 Å². The average molecular weight is 553 g/mol. The number of carbonyl (C=O) groups is 1. The van der Waals surface area contributed by atoms with Gasteiger partial charge >= 0.3 is 5.97 Å². The predicted octanol–water partition coefficient (Wildman–Crippen LogP) is 4.49. The zero-order valence-electron chi connectivity index (χ0n) is 17.8. The molecule has 7 nitrogen and oxygen atoms in total. The third-order valence-corrected chi connectivity index (χ3v) is 5.56. The van der Waals surface area contributed by atoms with E-state index in [-0.39, 0.29) is 12.2 Å². The number of aromatic nitrogens is 2. The highest BCUT2D eigenvalue weighted by molar-refractivity contribution is 14.1. The Morgan fingerprint density at radius 1 is 1.09 bits per heavy atom. The van der Waals surface area contributed by atoms with Gasteiger partial charge < -0.3 is 9.47 Å². The molecule has 0 aliphatic rings. The Bertz CT molecular complexity index is 1380. The van der Waals surface area contributed by atoms with Crippen molar-refractivity contribution in [2.45, 2.75) is 6.92 Å². The number of nitrogens with zero attached hydrogens (tertiary/aromatic N) is 3. The van der Waals surface area contributed by atoms with Crippen molar-refractivity contribution < 1.29 is 14.3 Å². The van der Waals surface area contributed by atoms with Gasteiger partial charge in [-0.15, -0.1) is 0 Å². The van der Waals surface area contributed by atoms with Gasteiger partial charge in [-0.25, -0.2) is 9.78 Å². The molecule has 0 spiro atoms. The van der Waals surface area contributed by atoms with Crippen LogP contribution in [-0.2, 0) is 9.53 Å². The summed E-state index contributed by atoms with van der Waals surface area (Å²) in [5.41, 5.74) is 1.92. The highest BCUT2D eigenvalue weighted by Crippen LogP contribution is 2.22. The van der Waals surface area contributed by atoms with Crippen LogP contribution in [0.15, 0.2) is 82.7 Å². The largest absolute Gasteiger partial charge is 0.481 e. The zero-order chi connectivity index (χ0) is 23.2. The summed E-state index contributed by atoms with van der Waals surface area (Å²) >= 11 is 2.12. The molecule has 1 heterocycles. The van der Waals surface area contributed by atoms with E-state index in [1.54, 1.807) is 37.4 Å². The molecule has 4 aromatic rings. The molecule has 0 atom stereocenters. The van der Waals surface area contributed by atoms with E-state index in [9.17, 15) is 9.59 Å². The molecule has 8 heteroatoms. The smallest absolute Gasteiger partial charge is 0.344 e. The number of para-hydroxylation sites is 1. The summed E-state index contributed by atoms with van der Waals surface area (Å²) in [5, 5.41) is 4.96. The van der Waals surface area contributed by atoms with Gasteiger partial charge in [-0.1, -0.05) is 42.5 Å². The molecule has 0 radical (unpaired) electrons. The molecular weight excluding hydrogens is 533 g/mol. The van der Waals surface area contributed by atoms with Gasteiger partial charge in [0, 0.05) is 5.56 Å². The minimum absolute atomic E-state index is 0.157. The molecule has 0 N–H and O–H groups in total. The lowest BCUT2D eigenvalue weighted by Crippen LogP contribution is -2.20. The van der Waals surface area contributed by atoms with E-state index in [0.29, 0.717) is 29.1 Å². The molecule has 3 aromatic carbocycles. The number of benzene rings is 3. The highest BCUT2D eigenvalue weighted by atomic mass is 127. The van der Waals surface area contributed by atoms with Gasteiger partial charge in [0.15, 0.2) is 12.4 Å². The lowest BCUT2D eigenvalue weighted by Gasteiger charge is -2.10. The van der Waals surface area contributed by atoms with Gasteiger partial charge in [0.1, 0.15) is 5.75 Å². The number of ether oxygens (including phenoxy) is 2. The summed E-state index contributed by atoms with van der Waals surface area (Å²) in [7, 11) is 0. The van der Waals surface area contributed by atoms with E-state index in [1.807, 2.05) is 48.5 Å². The van der Waals surface area contributed by atoms with Crippen molar-refractivity contribution in [1.29, 1.82) is 0 Å². The number of halogens is 1. The Balaban J connectivity index is 1.68. The van der Waals surface area contributed by atoms with Gasteiger partial charge in [0.2, 0.25) is 0 Å². The Kier molecular flexibility index (Phi) is 7.13. The second kappa shape index (κ2) is 10.4. The van der Waals surface area contributed by atoms with Crippen LogP contribution in [0.3, 0.4) is 0 Å². The molecule has 0 bridgehead atoms. The Labute approximate surface area is 203 Å². The second-order valence-electron chi connectivity index (χ2n) is 6.96. The van der Waals surface area contributed by atoms with Gasteiger partial charge in [-0.2, -0.15) is 9.78 Å². The first-order chi connectivity index (χ1) is 16.1. The number of rotatable bonds is 7. The van der Waals surface area contributed by atoms with Crippen LogP contribution in [0.2, 0.25) is 0 Å². The predicted molar refractivity (Wildman–Crippen MR) is 136 cm³/mol. The van der Waals surface area contributed by atoms with E-state index in [1.165, 1.54) is 4.68 Å². The topological polar surface area (TPSA) is 82.8 Å². The van der Waals surface area contributed by atoms with Gasteiger partial charge in [0.25, 0.3) is 5.56 Å². The molecule has 0 fully saturated rings. The first-order valence-corrected chi connectivity index (χ1v) is 11.3. The van der Waals surface area contributed by atoms with E-state index in [0.717, 1.165) is 14.7 Å². The Hall–Kier alpha value is -3.53. The molecule has 4 rings (SSSR count). The van der Waals surface area contributed by atoms with Crippen molar-refractivity contribution >= 4 is 45.7 Å². The minimum atomic E-state index is -0.421. The van der Waals surface area contributed by atoms with E-state index >= 15 is 0 Å². The summed E-state index contributed by atoms with van der Waals surface area (Å²) in [6.45, 7) is 1.90. The maximum Gasteiger partial charge on any atom is 0.344 e. The molecule has 0 aliphatic heterocycles. The summed E-state index contributed by atoms with van der Waals surface area (Å²) in [6, 6.07) is 22.1. The van der Waals surface area contributed by atoms with Gasteiger partial charge in [-0.05, 0) is 65.4 Å². The minimum Gasteiger partial charge on any atom is -0.481 e. The van der Waals surface area contributed by atoms with Gasteiger partial charge in [-0.3, -0.25) is 4.79 Å². The van der Waals surface area contributed by atoms with Crippen LogP contribution in [0, 0.1) is 3.57 Å². The number of hydrogen-bond donors (Lipinski definition) is 0. The molecule has 166 valence electrons. The summed E-state index contributed by atoms with van der Waals surface area (Å²) in [6.07, 6.45) is 1.60. The molecule has 33 heavy (non-hydrogen) atoms. The molecule has 0 unspecified atom stereocenters. The van der Waals surface area contributed by atoms with Crippen molar-refractivity contribution in [3.8, 4) is 17.1 Å². The lowest BCUT2D eigenvalue weighted by molar-refractivity contribution is -0.145. The third kappa shape index (κ3) is 5.28. The molecule has 0 amide bonds. The van der Waals surface area contributed by atoms with Crippen LogP contribution < -0.4 is 10.3 Å². The third-order valence-electron chi connectivity index (χ3n) is 4.71. The van der Waals surface area contributed by atoms with Crippen molar-refractivity contribution in [1.82, 2.24) is 9.66 Å². The quantitative estimate of drug-likeness (QED) is 0.191. The maximum absolute atomic E-state index is 13.2. The maximum atomic E-state index is 13.2. The van der Waals surface area contributed by atoms with Crippen LogP contribution in [0.4, 0.5) is 0 Å². The van der Waals surface area contributed by atoms with E-state index in [4.69, 9.17) is 14.5 Å². The first-order valence-electron chi connectivity index (χ1n) is 10.3. The molecule has 1 aromatic heterocycles. The SMILES string of the molecule is CCOC(=O)COc1ccc(C=Nn2c(-c3ccccc3)nc3ccccc3c2=O)cc1I. The van der Waals surface area contributed by atoms with E-state index < -0.39 is 5.97 Å². The number of carbonyl (C=O) groups excluding carboxylic acids is 1. The molecule has 0 saturated carbocycles. The summed E-state index contributed by atoms with van der Waals surface area (Å²) < 4.78 is 12.5. The van der Waals surface area contributed by atoms with Crippen LogP contribution in [0.5, 0.6) is 5.75 Å². The summed E-state index contributed by atoms with van der Waals surface area (Å²) in [5.74, 6) is 0.602. The molecule has 0 aliphatic carbocycles. The van der Waals surface area contributed by atoms with Crippen molar-refractivity contribution in [3.63, 3.8) is 0 Å². The molecule has 0 saturated heterocycles. The number of esters is 1. The van der Waals surface area contributed by atoms with E-state index in [2.05, 4.69) is 27.7 Å². The van der Waals surface area contributed by atoms with Crippen LogP contribution in [0.1, 0.15) is 12.5 Å². The second-order valence-corrected chi connectivity index (χ2v) is 8.13. The standard InChI is InChI=1S/C25H20IN3O4/c1-2-32-23(30)16-33-22-13-12-17(14-20(22)26)15-27-29-24(18-8-4-3-5-9-18)28-21-11-7-6-10-19(21)25(29)31/h3-15H,2,16H2,1H3. The fourth-order valence-electron chi connectivity index (χ4n) is 3.18.